The number of aliphatic imine (C=N–C) groups is 1. The highest BCUT2D eigenvalue weighted by atomic mass is 16.5. The van der Waals surface area contributed by atoms with Gasteiger partial charge in [-0.05, 0) is 12.5 Å². The van der Waals surface area contributed by atoms with Crippen LogP contribution >= 0.6 is 0 Å². The van der Waals surface area contributed by atoms with E-state index in [1.165, 1.54) is 6.92 Å². The lowest BCUT2D eigenvalue weighted by atomic mass is 10.2. The van der Waals surface area contributed by atoms with Crippen LogP contribution in [-0.4, -0.2) is 18.8 Å². The minimum absolute atomic E-state index is 0.239. The third kappa shape index (κ3) is 2.18. The zero-order valence-corrected chi connectivity index (χ0v) is 6.76. The molecule has 60 valence electrons. The van der Waals surface area contributed by atoms with Gasteiger partial charge in [0.15, 0.2) is 0 Å². The van der Waals surface area contributed by atoms with Gasteiger partial charge in [-0.1, -0.05) is 0 Å². The molecule has 0 aliphatic carbocycles. The van der Waals surface area contributed by atoms with Crippen molar-refractivity contribution in [3.8, 4) is 0 Å². The van der Waals surface area contributed by atoms with Crippen molar-refractivity contribution in [1.29, 1.82) is 0 Å². The molecule has 3 heteroatoms. The molecule has 0 spiro atoms. The first kappa shape index (κ1) is 7.98. The van der Waals surface area contributed by atoms with Crippen LogP contribution in [0.15, 0.2) is 16.3 Å². The molecule has 0 N–H and O–H groups in total. The molecule has 0 unspecified atom stereocenters. The highest BCUT2D eigenvalue weighted by Crippen LogP contribution is 2.14. The van der Waals surface area contributed by atoms with E-state index >= 15 is 0 Å². The number of rotatable bonds is 2. The second-order valence-electron chi connectivity index (χ2n) is 2.49. The van der Waals surface area contributed by atoms with Crippen molar-refractivity contribution < 1.29 is 9.53 Å². The van der Waals surface area contributed by atoms with E-state index in [0.29, 0.717) is 6.61 Å². The summed E-state index contributed by atoms with van der Waals surface area (Å²) in [6.45, 7) is 3.72. The third-order valence-electron chi connectivity index (χ3n) is 1.58. The molecule has 1 rings (SSSR count). The van der Waals surface area contributed by atoms with Crippen molar-refractivity contribution in [3.05, 3.63) is 11.3 Å². The average Bonchev–Trinajstić information content (AvgIpc) is 2.31. The van der Waals surface area contributed by atoms with Gasteiger partial charge in [0, 0.05) is 25.3 Å². The Hall–Kier alpha value is -1.12. The van der Waals surface area contributed by atoms with Crippen molar-refractivity contribution >= 4 is 12.2 Å². The fraction of sp³-hybridized carbons (Fsp3) is 0.500. The Bertz CT molecular complexity index is 228. The quantitative estimate of drug-likeness (QED) is 0.561. The molecule has 0 aromatic rings. The van der Waals surface area contributed by atoms with E-state index in [2.05, 4.69) is 4.99 Å². The molecule has 0 amide bonds. The second kappa shape index (κ2) is 3.32. The van der Waals surface area contributed by atoms with Crippen molar-refractivity contribution in [2.45, 2.75) is 20.3 Å². The first-order valence-corrected chi connectivity index (χ1v) is 3.54. The van der Waals surface area contributed by atoms with Crippen LogP contribution in [0.5, 0.6) is 0 Å². The van der Waals surface area contributed by atoms with E-state index < -0.39 is 0 Å². The summed E-state index contributed by atoms with van der Waals surface area (Å²) in [5, 5.41) is 0. The van der Waals surface area contributed by atoms with E-state index in [1.54, 1.807) is 0 Å². The predicted octanol–water partition coefficient (Wildman–Crippen LogP) is 1.30. The Morgan fingerprint density at radius 2 is 2.55 bits per heavy atom. The molecular formula is C8H11NO2. The van der Waals surface area contributed by atoms with Crippen LogP contribution in [0.2, 0.25) is 0 Å². The number of ether oxygens (including phenoxy) is 1. The Labute approximate surface area is 65.8 Å². The Morgan fingerprint density at radius 3 is 3.00 bits per heavy atom. The lowest BCUT2D eigenvalue weighted by Crippen LogP contribution is -2.03. The van der Waals surface area contributed by atoms with E-state index in [-0.39, 0.29) is 5.97 Å². The maximum Gasteiger partial charge on any atom is 0.302 e. The monoisotopic (exact) mass is 153 g/mol. The van der Waals surface area contributed by atoms with Crippen LogP contribution in [0, 0.1) is 0 Å². The Balaban J connectivity index is 2.39. The zero-order valence-electron chi connectivity index (χ0n) is 6.76. The number of esters is 1. The molecule has 1 heterocycles. The summed E-state index contributed by atoms with van der Waals surface area (Å²) < 4.78 is 4.82. The number of allylic oxidation sites excluding steroid dienone is 1. The highest BCUT2D eigenvalue weighted by molar-refractivity contribution is 5.69. The first-order valence-electron chi connectivity index (χ1n) is 3.54. The van der Waals surface area contributed by atoms with Crippen LogP contribution < -0.4 is 0 Å². The summed E-state index contributed by atoms with van der Waals surface area (Å²) in [5.74, 6) is -0.239. The van der Waals surface area contributed by atoms with Gasteiger partial charge in [-0.25, -0.2) is 0 Å². The molecule has 0 aromatic carbocycles. The van der Waals surface area contributed by atoms with Crippen LogP contribution in [-0.2, 0) is 9.53 Å². The third-order valence-corrected chi connectivity index (χ3v) is 1.58. The van der Waals surface area contributed by atoms with Crippen LogP contribution in [0.25, 0.3) is 0 Å². The molecule has 1 aliphatic rings. The molecular weight excluding hydrogens is 142 g/mol. The van der Waals surface area contributed by atoms with Crippen molar-refractivity contribution in [2.75, 3.05) is 6.61 Å². The summed E-state index contributed by atoms with van der Waals surface area (Å²) in [5.41, 5.74) is 2.08. The second-order valence-corrected chi connectivity index (χ2v) is 2.49. The Morgan fingerprint density at radius 1 is 1.82 bits per heavy atom. The first-order chi connectivity index (χ1) is 5.20. The maximum atomic E-state index is 10.4. The molecule has 0 radical (unpaired) electrons. The van der Waals surface area contributed by atoms with Gasteiger partial charge in [-0.2, -0.15) is 0 Å². The smallest absolute Gasteiger partial charge is 0.302 e. The molecule has 3 nitrogen and oxygen atoms in total. The van der Waals surface area contributed by atoms with Crippen molar-refractivity contribution in [1.82, 2.24) is 0 Å². The van der Waals surface area contributed by atoms with Crippen molar-refractivity contribution in [3.63, 3.8) is 0 Å². The fourth-order valence-corrected chi connectivity index (χ4v) is 0.884. The standard InChI is InChI=1S/C8H11NO2/c1-6-8(3-4-9-6)5-11-7(2)10/h4H,3,5H2,1-2H3. The summed E-state index contributed by atoms with van der Waals surface area (Å²) in [4.78, 5) is 14.5. The SMILES string of the molecule is CC(=O)OCC1=C(C)N=CC1. The molecule has 0 saturated heterocycles. The normalized spacial score (nSPS) is 15.8. The molecule has 0 saturated carbocycles. The minimum Gasteiger partial charge on any atom is -0.461 e. The van der Waals surface area contributed by atoms with E-state index in [4.69, 9.17) is 4.74 Å². The Kier molecular flexibility index (Phi) is 2.41. The van der Waals surface area contributed by atoms with Gasteiger partial charge in [0.1, 0.15) is 6.61 Å². The van der Waals surface area contributed by atoms with Crippen LogP contribution in [0.1, 0.15) is 20.3 Å². The van der Waals surface area contributed by atoms with Gasteiger partial charge in [-0.3, -0.25) is 9.79 Å². The van der Waals surface area contributed by atoms with E-state index in [9.17, 15) is 4.79 Å². The molecule has 11 heavy (non-hydrogen) atoms. The van der Waals surface area contributed by atoms with Gasteiger partial charge in [0.2, 0.25) is 0 Å². The zero-order chi connectivity index (χ0) is 8.27. The fourth-order valence-electron chi connectivity index (χ4n) is 0.884. The average molecular weight is 153 g/mol. The van der Waals surface area contributed by atoms with Gasteiger partial charge in [-0.15, -0.1) is 0 Å². The summed E-state index contributed by atoms with van der Waals surface area (Å²) in [7, 11) is 0. The maximum absolute atomic E-state index is 10.4. The summed E-state index contributed by atoms with van der Waals surface area (Å²) in [6, 6.07) is 0. The van der Waals surface area contributed by atoms with Gasteiger partial charge in [0.05, 0.1) is 0 Å². The van der Waals surface area contributed by atoms with Crippen LogP contribution in [0.4, 0.5) is 0 Å². The lowest BCUT2D eigenvalue weighted by Gasteiger charge is -2.02. The predicted molar refractivity (Wildman–Crippen MR) is 42.4 cm³/mol. The molecule has 1 aliphatic heterocycles. The number of carbonyl (C=O) groups excluding carboxylic acids is 1. The summed E-state index contributed by atoms with van der Waals surface area (Å²) in [6.07, 6.45) is 2.65. The van der Waals surface area contributed by atoms with Crippen molar-refractivity contribution in [2.24, 2.45) is 4.99 Å². The highest BCUT2D eigenvalue weighted by Gasteiger charge is 2.07. The number of carbonyl (C=O) groups is 1. The lowest BCUT2D eigenvalue weighted by molar-refractivity contribution is -0.139. The minimum atomic E-state index is -0.239. The van der Waals surface area contributed by atoms with Gasteiger partial charge in [0.25, 0.3) is 0 Å². The largest absolute Gasteiger partial charge is 0.461 e. The number of nitrogens with zero attached hydrogens (tertiary/aromatic N) is 1. The van der Waals surface area contributed by atoms with Gasteiger partial charge >= 0.3 is 5.97 Å². The molecule has 0 bridgehead atoms. The molecule has 0 fully saturated rings. The number of hydrogen-bond donors (Lipinski definition) is 0. The number of hydrogen-bond acceptors (Lipinski definition) is 3. The summed E-state index contributed by atoms with van der Waals surface area (Å²) >= 11 is 0. The molecule has 0 atom stereocenters. The molecule has 0 aromatic heterocycles. The van der Waals surface area contributed by atoms with Crippen LogP contribution in [0.3, 0.4) is 0 Å². The topological polar surface area (TPSA) is 38.7 Å². The van der Waals surface area contributed by atoms with Gasteiger partial charge < -0.3 is 4.74 Å². The van der Waals surface area contributed by atoms with E-state index in [1.807, 2.05) is 13.1 Å². The van der Waals surface area contributed by atoms with E-state index in [0.717, 1.165) is 17.7 Å².